The number of carbonyl (C=O) groups excluding carboxylic acids is 2. The summed E-state index contributed by atoms with van der Waals surface area (Å²) in [5, 5.41) is 3.05. The van der Waals surface area contributed by atoms with Gasteiger partial charge in [0.2, 0.25) is 5.91 Å². The van der Waals surface area contributed by atoms with Gasteiger partial charge < -0.3 is 10.2 Å². The summed E-state index contributed by atoms with van der Waals surface area (Å²) in [5.41, 5.74) is 0.618. The summed E-state index contributed by atoms with van der Waals surface area (Å²) >= 11 is 1.53. The van der Waals surface area contributed by atoms with Gasteiger partial charge in [-0.1, -0.05) is 50.7 Å². The van der Waals surface area contributed by atoms with E-state index in [1.165, 1.54) is 18.2 Å². The lowest BCUT2D eigenvalue weighted by Crippen LogP contribution is -2.54. The topological polar surface area (TPSA) is 49.4 Å². The molecule has 0 bridgehead atoms. The Morgan fingerprint density at radius 1 is 1.29 bits per heavy atom. The van der Waals surface area contributed by atoms with Crippen molar-refractivity contribution < 1.29 is 9.59 Å². The van der Waals surface area contributed by atoms with E-state index in [9.17, 15) is 9.59 Å². The number of rotatable bonds is 9. The number of carbonyl (C=O) groups is 2. The molecule has 152 valence electrons. The maximum absolute atomic E-state index is 13.5. The van der Waals surface area contributed by atoms with Gasteiger partial charge in [0.25, 0.3) is 5.91 Å². The summed E-state index contributed by atoms with van der Waals surface area (Å²) in [6, 6.07) is 7.03. The highest BCUT2D eigenvalue weighted by Gasteiger charge is 2.37. The van der Waals surface area contributed by atoms with Gasteiger partial charge in [0.1, 0.15) is 6.04 Å². The maximum atomic E-state index is 13.5. The molecular formula is C23H32N2O2S. The van der Waals surface area contributed by atoms with Crippen molar-refractivity contribution in [1.29, 1.82) is 0 Å². The number of unbranched alkanes of at least 4 members (excludes halogenated alkanes) is 1. The van der Waals surface area contributed by atoms with Crippen LogP contribution in [-0.4, -0.2) is 42.1 Å². The summed E-state index contributed by atoms with van der Waals surface area (Å²) in [6.07, 6.45) is 14.8. The van der Waals surface area contributed by atoms with Crippen LogP contribution in [0.5, 0.6) is 0 Å². The van der Waals surface area contributed by atoms with E-state index in [2.05, 4.69) is 18.2 Å². The van der Waals surface area contributed by atoms with Crippen molar-refractivity contribution in [3.8, 4) is 12.3 Å². The number of amides is 2. The molecule has 0 aliphatic heterocycles. The Kier molecular flexibility index (Phi) is 9.43. The smallest absolute Gasteiger partial charge is 0.256 e. The van der Waals surface area contributed by atoms with Gasteiger partial charge in [-0.15, -0.1) is 18.2 Å². The molecule has 0 radical (unpaired) electrons. The highest BCUT2D eigenvalue weighted by molar-refractivity contribution is 7.98. The molecule has 0 aromatic heterocycles. The van der Waals surface area contributed by atoms with Crippen molar-refractivity contribution in [1.82, 2.24) is 10.2 Å². The minimum atomic E-state index is -0.504. The van der Waals surface area contributed by atoms with Gasteiger partial charge in [-0.25, -0.2) is 0 Å². The molecule has 1 aromatic rings. The third kappa shape index (κ3) is 5.78. The summed E-state index contributed by atoms with van der Waals surface area (Å²) in [6.45, 7) is 2.88. The average molecular weight is 401 g/mol. The zero-order chi connectivity index (χ0) is 20.4. The SMILES string of the molecule is C#CCN(C(=O)c1ccccc1SC)C(C(=O)NCCCC)C1CCCCC1. The van der Waals surface area contributed by atoms with Crippen LogP contribution in [0.2, 0.25) is 0 Å². The van der Waals surface area contributed by atoms with Crippen molar-refractivity contribution in [3.63, 3.8) is 0 Å². The molecule has 1 aliphatic rings. The van der Waals surface area contributed by atoms with E-state index < -0.39 is 6.04 Å². The molecule has 1 fully saturated rings. The predicted molar refractivity (Wildman–Crippen MR) is 116 cm³/mol. The zero-order valence-electron chi connectivity index (χ0n) is 17.1. The molecule has 2 amide bonds. The van der Waals surface area contributed by atoms with E-state index in [0.29, 0.717) is 12.1 Å². The van der Waals surface area contributed by atoms with E-state index in [-0.39, 0.29) is 24.3 Å². The van der Waals surface area contributed by atoms with Crippen molar-refractivity contribution in [3.05, 3.63) is 29.8 Å². The monoisotopic (exact) mass is 400 g/mol. The average Bonchev–Trinajstić information content (AvgIpc) is 2.74. The van der Waals surface area contributed by atoms with E-state index in [0.717, 1.165) is 43.4 Å². The van der Waals surface area contributed by atoms with Crippen LogP contribution in [0.1, 0.15) is 62.2 Å². The first-order valence-electron chi connectivity index (χ1n) is 10.3. The van der Waals surface area contributed by atoms with Gasteiger partial charge in [0.15, 0.2) is 0 Å². The minimum absolute atomic E-state index is 0.0643. The third-order valence-corrected chi connectivity index (χ3v) is 6.19. The quantitative estimate of drug-likeness (QED) is 0.381. The Morgan fingerprint density at radius 3 is 2.64 bits per heavy atom. The van der Waals surface area contributed by atoms with Crippen molar-refractivity contribution in [2.24, 2.45) is 5.92 Å². The number of hydrogen-bond acceptors (Lipinski definition) is 3. The van der Waals surface area contributed by atoms with Crippen LogP contribution in [0, 0.1) is 18.3 Å². The highest BCUT2D eigenvalue weighted by atomic mass is 32.2. The molecule has 1 saturated carbocycles. The van der Waals surface area contributed by atoms with Crippen LogP contribution < -0.4 is 5.32 Å². The molecule has 1 N–H and O–H groups in total. The first-order valence-corrected chi connectivity index (χ1v) is 11.5. The Labute approximate surface area is 173 Å². The normalized spacial score (nSPS) is 15.5. The fraction of sp³-hybridized carbons (Fsp3) is 0.565. The fourth-order valence-electron chi connectivity index (χ4n) is 3.92. The predicted octanol–water partition coefficient (Wildman–Crippen LogP) is 4.35. The molecule has 0 spiro atoms. The van der Waals surface area contributed by atoms with Crippen LogP contribution in [0.15, 0.2) is 29.2 Å². The lowest BCUT2D eigenvalue weighted by atomic mass is 9.82. The number of benzene rings is 1. The zero-order valence-corrected chi connectivity index (χ0v) is 17.9. The molecule has 0 saturated heterocycles. The number of nitrogens with zero attached hydrogens (tertiary/aromatic N) is 1. The van der Waals surface area contributed by atoms with E-state index in [4.69, 9.17) is 6.42 Å². The Bertz CT molecular complexity index is 692. The van der Waals surface area contributed by atoms with Crippen LogP contribution in [0.25, 0.3) is 0 Å². The van der Waals surface area contributed by atoms with Crippen LogP contribution in [0.4, 0.5) is 0 Å². The van der Waals surface area contributed by atoms with Crippen molar-refractivity contribution in [2.75, 3.05) is 19.3 Å². The largest absolute Gasteiger partial charge is 0.354 e. The second-order valence-electron chi connectivity index (χ2n) is 7.32. The summed E-state index contributed by atoms with van der Waals surface area (Å²) in [5.74, 6) is 2.56. The number of thioether (sulfide) groups is 1. The van der Waals surface area contributed by atoms with Crippen LogP contribution in [0.3, 0.4) is 0 Å². The first kappa shape index (κ1) is 22.4. The van der Waals surface area contributed by atoms with Crippen molar-refractivity contribution in [2.45, 2.75) is 62.8 Å². The molecular weight excluding hydrogens is 368 g/mol. The second-order valence-corrected chi connectivity index (χ2v) is 8.17. The standard InChI is InChI=1S/C23H32N2O2S/c1-4-6-16-24-22(26)21(18-12-8-7-9-13-18)25(17-5-2)23(27)19-14-10-11-15-20(19)28-3/h2,10-11,14-15,18,21H,4,6-9,12-13,16-17H2,1,3H3,(H,24,26). The molecule has 5 heteroatoms. The molecule has 1 aromatic carbocycles. The van der Waals surface area contributed by atoms with Crippen LogP contribution in [-0.2, 0) is 4.79 Å². The Morgan fingerprint density at radius 2 is 2.00 bits per heavy atom. The van der Waals surface area contributed by atoms with E-state index in [1.807, 2.05) is 30.5 Å². The summed E-state index contributed by atoms with van der Waals surface area (Å²) < 4.78 is 0. The molecule has 1 unspecified atom stereocenters. The molecule has 2 rings (SSSR count). The van der Waals surface area contributed by atoms with Gasteiger partial charge in [0, 0.05) is 11.4 Å². The summed E-state index contributed by atoms with van der Waals surface area (Å²) in [7, 11) is 0. The highest BCUT2D eigenvalue weighted by Crippen LogP contribution is 2.31. The van der Waals surface area contributed by atoms with E-state index >= 15 is 0 Å². The number of terminal acetylenes is 1. The van der Waals surface area contributed by atoms with Gasteiger partial charge in [-0.2, -0.15) is 0 Å². The van der Waals surface area contributed by atoms with Gasteiger partial charge >= 0.3 is 0 Å². The Balaban J connectivity index is 2.34. The van der Waals surface area contributed by atoms with Gasteiger partial charge in [-0.05, 0) is 43.6 Å². The van der Waals surface area contributed by atoms with Gasteiger partial charge in [0.05, 0.1) is 12.1 Å². The third-order valence-electron chi connectivity index (χ3n) is 5.39. The van der Waals surface area contributed by atoms with Gasteiger partial charge in [-0.3, -0.25) is 9.59 Å². The fourth-order valence-corrected chi connectivity index (χ4v) is 4.51. The molecule has 1 atom stereocenters. The molecule has 1 aliphatic carbocycles. The number of hydrogen-bond donors (Lipinski definition) is 1. The summed E-state index contributed by atoms with van der Waals surface area (Å²) in [4.78, 5) is 29.2. The first-order chi connectivity index (χ1) is 13.6. The van der Waals surface area contributed by atoms with Crippen LogP contribution >= 0.6 is 11.8 Å². The Hall–Kier alpha value is -1.93. The number of nitrogens with one attached hydrogen (secondary N) is 1. The molecule has 28 heavy (non-hydrogen) atoms. The lowest BCUT2D eigenvalue weighted by molar-refractivity contribution is -0.127. The van der Waals surface area contributed by atoms with E-state index in [1.54, 1.807) is 4.90 Å². The molecule has 4 nitrogen and oxygen atoms in total. The maximum Gasteiger partial charge on any atom is 0.256 e. The van der Waals surface area contributed by atoms with Crippen molar-refractivity contribution >= 4 is 23.6 Å². The second kappa shape index (κ2) is 11.8. The lowest BCUT2D eigenvalue weighted by Gasteiger charge is -2.37. The molecule has 0 heterocycles. The minimum Gasteiger partial charge on any atom is -0.354 e.